The van der Waals surface area contributed by atoms with Gasteiger partial charge in [0.1, 0.15) is 12.0 Å². The Bertz CT molecular complexity index is 548. The van der Waals surface area contributed by atoms with Crippen LogP contribution < -0.4 is 4.74 Å². The standard InChI is InChI=1S/C13H9ClN2O/c14-13-15-9-8-11(16-13)5-4-10-17-12-6-2-1-3-7-12/h1-3,5-10H. The minimum atomic E-state index is 0.213. The Labute approximate surface area is 104 Å². The number of hydrogen-bond acceptors (Lipinski definition) is 3. The smallest absolute Gasteiger partial charge is 0.222 e. The van der Waals surface area contributed by atoms with E-state index >= 15 is 0 Å². The monoisotopic (exact) mass is 244 g/mol. The van der Waals surface area contributed by atoms with E-state index in [2.05, 4.69) is 15.7 Å². The molecule has 0 amide bonds. The van der Waals surface area contributed by atoms with Gasteiger partial charge in [-0.05, 0) is 29.8 Å². The second-order valence-electron chi connectivity index (χ2n) is 3.11. The number of nitrogens with zero attached hydrogens (tertiary/aromatic N) is 2. The zero-order valence-electron chi connectivity index (χ0n) is 8.88. The largest absolute Gasteiger partial charge is 0.457 e. The van der Waals surface area contributed by atoms with Crippen LogP contribution in [0.25, 0.3) is 6.08 Å². The average molecular weight is 245 g/mol. The molecule has 0 spiro atoms. The van der Waals surface area contributed by atoms with E-state index in [1.54, 1.807) is 18.3 Å². The Morgan fingerprint density at radius 1 is 1.18 bits per heavy atom. The highest BCUT2D eigenvalue weighted by Gasteiger charge is 1.90. The Balaban J connectivity index is 2.01. The lowest BCUT2D eigenvalue weighted by Gasteiger charge is -1.95. The van der Waals surface area contributed by atoms with Crippen molar-refractivity contribution < 1.29 is 4.74 Å². The van der Waals surface area contributed by atoms with Crippen LogP contribution in [0.4, 0.5) is 0 Å². The molecule has 1 aromatic heterocycles. The van der Waals surface area contributed by atoms with Crippen LogP contribution in [0, 0.1) is 0 Å². The molecule has 0 fully saturated rings. The highest BCUT2D eigenvalue weighted by molar-refractivity contribution is 6.28. The Kier molecular flexibility index (Phi) is 3.92. The van der Waals surface area contributed by atoms with Crippen LogP contribution in [0.1, 0.15) is 5.69 Å². The van der Waals surface area contributed by atoms with Crippen LogP contribution in [-0.4, -0.2) is 9.97 Å². The van der Waals surface area contributed by atoms with E-state index in [9.17, 15) is 0 Å². The van der Waals surface area contributed by atoms with Crippen molar-refractivity contribution in [1.29, 1.82) is 0 Å². The van der Waals surface area contributed by atoms with Crippen molar-refractivity contribution in [1.82, 2.24) is 9.97 Å². The molecule has 2 aromatic rings. The fourth-order valence-corrected chi connectivity index (χ4v) is 1.30. The molecule has 0 N–H and O–H groups in total. The zero-order chi connectivity index (χ0) is 11.9. The summed E-state index contributed by atoms with van der Waals surface area (Å²) < 4.78 is 5.31. The van der Waals surface area contributed by atoms with Crippen LogP contribution in [0.15, 0.2) is 54.6 Å². The molecule has 0 atom stereocenters. The maximum absolute atomic E-state index is 5.64. The van der Waals surface area contributed by atoms with E-state index in [4.69, 9.17) is 16.3 Å². The summed E-state index contributed by atoms with van der Waals surface area (Å²) in [7, 11) is 0. The number of aromatic nitrogens is 2. The van der Waals surface area contributed by atoms with Crippen LogP contribution in [0.3, 0.4) is 0 Å². The molecule has 17 heavy (non-hydrogen) atoms. The van der Waals surface area contributed by atoms with Crippen molar-refractivity contribution in [2.45, 2.75) is 0 Å². The maximum Gasteiger partial charge on any atom is 0.222 e. The van der Waals surface area contributed by atoms with Crippen molar-refractivity contribution in [3.05, 3.63) is 65.6 Å². The van der Waals surface area contributed by atoms with Gasteiger partial charge in [0.2, 0.25) is 5.28 Å². The first-order valence-electron chi connectivity index (χ1n) is 4.96. The topological polar surface area (TPSA) is 35.0 Å². The van der Waals surface area contributed by atoms with Gasteiger partial charge in [0.05, 0.1) is 5.69 Å². The van der Waals surface area contributed by atoms with Gasteiger partial charge >= 0.3 is 0 Å². The summed E-state index contributed by atoms with van der Waals surface area (Å²) in [6.07, 6.45) is 4.71. The second kappa shape index (κ2) is 5.85. The van der Waals surface area contributed by atoms with Gasteiger partial charge in [0, 0.05) is 12.3 Å². The number of benzene rings is 1. The van der Waals surface area contributed by atoms with E-state index in [1.807, 2.05) is 30.3 Å². The normalized spacial score (nSPS) is 9.24. The third kappa shape index (κ3) is 3.76. The third-order valence-corrected chi connectivity index (χ3v) is 2.07. The lowest BCUT2D eigenvalue weighted by atomic mass is 10.3. The van der Waals surface area contributed by atoms with Crippen molar-refractivity contribution in [3.63, 3.8) is 0 Å². The maximum atomic E-state index is 5.64. The molecule has 0 bridgehead atoms. The summed E-state index contributed by atoms with van der Waals surface area (Å²) >= 11 is 5.64. The first kappa shape index (κ1) is 11.4. The quantitative estimate of drug-likeness (QED) is 0.472. The van der Waals surface area contributed by atoms with Crippen molar-refractivity contribution in [2.24, 2.45) is 0 Å². The van der Waals surface area contributed by atoms with E-state index in [0.717, 1.165) is 5.75 Å². The Morgan fingerprint density at radius 3 is 2.76 bits per heavy atom. The third-order valence-electron chi connectivity index (χ3n) is 1.89. The highest BCUT2D eigenvalue weighted by Crippen LogP contribution is 2.08. The molecule has 4 heteroatoms. The molecule has 3 nitrogen and oxygen atoms in total. The summed E-state index contributed by atoms with van der Waals surface area (Å²) in [6.45, 7) is 0. The summed E-state index contributed by atoms with van der Waals surface area (Å²) in [5, 5.41) is 0.213. The van der Waals surface area contributed by atoms with Crippen LogP contribution in [0.5, 0.6) is 5.75 Å². The van der Waals surface area contributed by atoms with Gasteiger partial charge in [0.25, 0.3) is 0 Å². The van der Waals surface area contributed by atoms with E-state index in [1.165, 1.54) is 6.26 Å². The number of hydrogen-bond donors (Lipinski definition) is 0. The number of para-hydroxylation sites is 1. The van der Waals surface area contributed by atoms with Gasteiger partial charge < -0.3 is 4.74 Å². The van der Waals surface area contributed by atoms with Gasteiger partial charge in [-0.15, -0.1) is 0 Å². The first-order valence-corrected chi connectivity index (χ1v) is 5.33. The highest BCUT2D eigenvalue weighted by atomic mass is 35.5. The number of ether oxygens (including phenoxy) is 1. The molecule has 0 aliphatic heterocycles. The van der Waals surface area contributed by atoms with Crippen molar-refractivity contribution >= 4 is 17.7 Å². The van der Waals surface area contributed by atoms with Crippen LogP contribution in [-0.2, 0) is 0 Å². The van der Waals surface area contributed by atoms with E-state index in [0.29, 0.717) is 5.69 Å². The fraction of sp³-hybridized carbons (Fsp3) is 0. The lowest BCUT2D eigenvalue weighted by molar-refractivity contribution is 0.482. The predicted molar refractivity (Wildman–Crippen MR) is 66.7 cm³/mol. The molecule has 0 aliphatic carbocycles. The molecule has 0 saturated heterocycles. The average Bonchev–Trinajstić information content (AvgIpc) is 2.36. The summed E-state index contributed by atoms with van der Waals surface area (Å²) in [5.74, 6) is 0.758. The molecule has 84 valence electrons. The molecule has 1 aromatic carbocycles. The predicted octanol–water partition coefficient (Wildman–Crippen LogP) is 3.33. The van der Waals surface area contributed by atoms with Crippen LogP contribution >= 0.6 is 11.6 Å². The first-order chi connectivity index (χ1) is 8.34. The van der Waals surface area contributed by atoms with Crippen molar-refractivity contribution in [3.8, 4) is 5.75 Å². The molecule has 1 heterocycles. The SMILES string of the molecule is Clc1nccc(C=C=COc2ccccc2)n1. The molecular weight excluding hydrogens is 236 g/mol. The van der Waals surface area contributed by atoms with Gasteiger partial charge in [-0.2, -0.15) is 0 Å². The van der Waals surface area contributed by atoms with Gasteiger partial charge in [-0.1, -0.05) is 23.9 Å². The molecular formula is C13H9ClN2O. The molecule has 0 unspecified atom stereocenters. The summed E-state index contributed by atoms with van der Waals surface area (Å²) in [4.78, 5) is 7.76. The number of halogens is 1. The van der Waals surface area contributed by atoms with E-state index in [-0.39, 0.29) is 5.28 Å². The van der Waals surface area contributed by atoms with Gasteiger partial charge in [-0.25, -0.2) is 9.97 Å². The fourth-order valence-electron chi connectivity index (χ4n) is 1.15. The van der Waals surface area contributed by atoms with Crippen molar-refractivity contribution in [2.75, 3.05) is 0 Å². The number of rotatable bonds is 3. The zero-order valence-corrected chi connectivity index (χ0v) is 9.63. The summed E-state index contributed by atoms with van der Waals surface area (Å²) in [6, 6.07) is 11.2. The molecule has 2 rings (SSSR count). The lowest BCUT2D eigenvalue weighted by Crippen LogP contribution is -1.83. The van der Waals surface area contributed by atoms with E-state index < -0.39 is 0 Å². The Morgan fingerprint density at radius 2 is 2.00 bits per heavy atom. The second-order valence-corrected chi connectivity index (χ2v) is 3.45. The minimum Gasteiger partial charge on any atom is -0.457 e. The minimum absolute atomic E-state index is 0.213. The van der Waals surface area contributed by atoms with Gasteiger partial charge in [0.15, 0.2) is 0 Å². The van der Waals surface area contributed by atoms with Crippen LogP contribution in [0.2, 0.25) is 5.28 Å². The molecule has 0 aliphatic rings. The summed E-state index contributed by atoms with van der Waals surface area (Å²) in [5.41, 5.74) is 3.53. The van der Waals surface area contributed by atoms with Gasteiger partial charge in [-0.3, -0.25) is 0 Å². The molecule has 0 radical (unpaired) electrons. The molecule has 0 saturated carbocycles. The Hall–Kier alpha value is -2.09.